The zero-order valence-electron chi connectivity index (χ0n) is 13.3. The number of halogens is 3. The molecule has 0 bridgehead atoms. The van der Waals surface area contributed by atoms with Gasteiger partial charge in [-0.05, 0) is 34.0 Å². The van der Waals surface area contributed by atoms with Crippen molar-refractivity contribution in [3.05, 3.63) is 83.4 Å². The van der Waals surface area contributed by atoms with Crippen molar-refractivity contribution in [2.24, 2.45) is 0 Å². The third-order valence-electron chi connectivity index (χ3n) is 3.92. The van der Waals surface area contributed by atoms with Crippen molar-refractivity contribution in [2.75, 3.05) is 0 Å². The first kappa shape index (κ1) is 17.0. The van der Waals surface area contributed by atoms with Crippen LogP contribution in [0.5, 0.6) is 0 Å². The number of fused-ring (bicyclic) bond motifs is 1. The molecule has 3 rings (SSSR count). The van der Waals surface area contributed by atoms with Gasteiger partial charge in [0.05, 0.1) is 12.0 Å². The first-order valence-corrected chi connectivity index (χ1v) is 7.82. The van der Waals surface area contributed by atoms with Crippen molar-refractivity contribution < 1.29 is 18.0 Å². The van der Waals surface area contributed by atoms with E-state index in [1.807, 2.05) is 42.5 Å². The van der Waals surface area contributed by atoms with Crippen LogP contribution in [0.4, 0.5) is 13.2 Å². The van der Waals surface area contributed by atoms with Gasteiger partial charge < -0.3 is 5.32 Å². The molecule has 0 aliphatic carbocycles. The average molecular weight is 343 g/mol. The van der Waals surface area contributed by atoms with Crippen LogP contribution in [0.25, 0.3) is 10.8 Å². The van der Waals surface area contributed by atoms with Crippen LogP contribution < -0.4 is 5.32 Å². The van der Waals surface area contributed by atoms with Crippen LogP contribution in [0.3, 0.4) is 0 Å². The summed E-state index contributed by atoms with van der Waals surface area (Å²) in [4.78, 5) is 12.0. The fourth-order valence-electron chi connectivity index (χ4n) is 2.65. The summed E-state index contributed by atoms with van der Waals surface area (Å²) in [5, 5.41) is 4.94. The minimum absolute atomic E-state index is 0.0858. The lowest BCUT2D eigenvalue weighted by atomic mass is 10.1. The molecule has 0 aliphatic rings. The predicted molar refractivity (Wildman–Crippen MR) is 90.9 cm³/mol. The first-order chi connectivity index (χ1) is 11.9. The highest BCUT2D eigenvalue weighted by Crippen LogP contribution is 2.29. The molecule has 2 nitrogen and oxygen atoms in total. The summed E-state index contributed by atoms with van der Waals surface area (Å²) in [5.74, 6) is -0.313. The second kappa shape index (κ2) is 6.97. The molecule has 128 valence electrons. The smallest absolute Gasteiger partial charge is 0.352 e. The van der Waals surface area contributed by atoms with Gasteiger partial charge in [0.15, 0.2) is 0 Å². The summed E-state index contributed by atoms with van der Waals surface area (Å²) in [6.45, 7) is 0.336. The highest BCUT2D eigenvalue weighted by atomic mass is 19.4. The lowest BCUT2D eigenvalue weighted by Crippen LogP contribution is -2.24. The highest BCUT2D eigenvalue weighted by molar-refractivity contribution is 5.83. The Labute approximate surface area is 143 Å². The Morgan fingerprint density at radius 1 is 0.840 bits per heavy atom. The van der Waals surface area contributed by atoms with Crippen LogP contribution in [0.2, 0.25) is 0 Å². The van der Waals surface area contributed by atoms with E-state index in [9.17, 15) is 18.0 Å². The zero-order valence-corrected chi connectivity index (χ0v) is 13.3. The molecule has 1 N–H and O–H groups in total. The van der Waals surface area contributed by atoms with E-state index < -0.39 is 11.7 Å². The maximum Gasteiger partial charge on any atom is 0.416 e. The zero-order chi connectivity index (χ0) is 17.9. The van der Waals surface area contributed by atoms with E-state index in [2.05, 4.69) is 5.32 Å². The minimum atomic E-state index is -4.41. The third kappa shape index (κ3) is 4.38. The molecule has 0 spiro atoms. The number of hydrogen-bond acceptors (Lipinski definition) is 1. The lowest BCUT2D eigenvalue weighted by Gasteiger charge is -2.09. The van der Waals surface area contributed by atoms with Gasteiger partial charge in [-0.1, -0.05) is 54.6 Å². The van der Waals surface area contributed by atoms with Crippen LogP contribution in [0, 0.1) is 0 Å². The van der Waals surface area contributed by atoms with E-state index in [1.54, 1.807) is 0 Å². The van der Waals surface area contributed by atoms with Gasteiger partial charge in [0, 0.05) is 6.54 Å². The second-order valence-electron chi connectivity index (χ2n) is 5.83. The van der Waals surface area contributed by atoms with Crippen molar-refractivity contribution >= 4 is 16.7 Å². The van der Waals surface area contributed by atoms with Crippen LogP contribution in [-0.4, -0.2) is 5.91 Å². The van der Waals surface area contributed by atoms with E-state index in [4.69, 9.17) is 0 Å². The number of hydrogen-bond donors (Lipinski definition) is 1. The monoisotopic (exact) mass is 343 g/mol. The number of rotatable bonds is 4. The molecule has 3 aromatic carbocycles. The molecule has 0 aromatic heterocycles. The van der Waals surface area contributed by atoms with Gasteiger partial charge in [0.2, 0.25) is 5.91 Å². The Morgan fingerprint density at radius 2 is 1.60 bits per heavy atom. The molecular formula is C20H16F3NO. The molecule has 25 heavy (non-hydrogen) atoms. The molecule has 0 radical (unpaired) electrons. The summed E-state index contributed by atoms with van der Waals surface area (Å²) in [6.07, 6.45) is -4.49. The van der Waals surface area contributed by atoms with Gasteiger partial charge in [-0.2, -0.15) is 13.2 Å². The summed E-state index contributed by atoms with van der Waals surface area (Å²) < 4.78 is 38.1. The molecule has 0 heterocycles. The number of benzene rings is 3. The standard InChI is InChI=1S/C20H16F3NO/c21-20(22,23)18-7-3-4-14(11-18)12-19(25)24-13-15-8-9-16-5-1-2-6-17(16)10-15/h1-11H,12-13H2,(H,24,25). The number of amides is 1. The molecule has 0 fully saturated rings. The SMILES string of the molecule is O=C(Cc1cccc(C(F)(F)F)c1)NCc1ccc2ccccc2c1. The van der Waals surface area contributed by atoms with Gasteiger partial charge in [-0.15, -0.1) is 0 Å². The van der Waals surface area contributed by atoms with Crippen molar-refractivity contribution in [3.63, 3.8) is 0 Å². The van der Waals surface area contributed by atoms with Crippen LogP contribution in [0.1, 0.15) is 16.7 Å². The summed E-state index contributed by atoms with van der Waals surface area (Å²) in [5.41, 5.74) is 0.536. The van der Waals surface area contributed by atoms with E-state index >= 15 is 0 Å². The predicted octanol–water partition coefficient (Wildman–Crippen LogP) is 4.72. The molecule has 0 saturated carbocycles. The summed E-state index contributed by atoms with van der Waals surface area (Å²) in [6, 6.07) is 18.6. The number of carbonyl (C=O) groups excluding carboxylic acids is 1. The topological polar surface area (TPSA) is 29.1 Å². The Balaban J connectivity index is 1.62. The van der Waals surface area contributed by atoms with E-state index in [0.717, 1.165) is 28.5 Å². The van der Waals surface area contributed by atoms with Gasteiger partial charge in [0.25, 0.3) is 0 Å². The van der Waals surface area contributed by atoms with Crippen molar-refractivity contribution in [2.45, 2.75) is 19.1 Å². The second-order valence-corrected chi connectivity index (χ2v) is 5.83. The normalized spacial score (nSPS) is 11.5. The quantitative estimate of drug-likeness (QED) is 0.730. The summed E-state index contributed by atoms with van der Waals surface area (Å²) >= 11 is 0. The average Bonchev–Trinajstić information content (AvgIpc) is 2.59. The molecule has 0 aliphatic heterocycles. The van der Waals surface area contributed by atoms with Crippen molar-refractivity contribution in [1.29, 1.82) is 0 Å². The minimum Gasteiger partial charge on any atom is -0.352 e. The summed E-state index contributed by atoms with van der Waals surface area (Å²) in [7, 11) is 0. The van der Waals surface area contributed by atoms with Crippen LogP contribution in [0.15, 0.2) is 66.7 Å². The Kier molecular flexibility index (Phi) is 4.74. The molecule has 0 saturated heterocycles. The Morgan fingerprint density at radius 3 is 2.36 bits per heavy atom. The van der Waals surface area contributed by atoms with Crippen molar-refractivity contribution in [3.8, 4) is 0 Å². The molecule has 1 amide bonds. The maximum absolute atomic E-state index is 12.7. The molecule has 3 aromatic rings. The van der Waals surface area contributed by atoms with Crippen LogP contribution >= 0.6 is 0 Å². The number of carbonyl (C=O) groups is 1. The van der Waals surface area contributed by atoms with Gasteiger partial charge in [-0.3, -0.25) is 4.79 Å². The largest absolute Gasteiger partial charge is 0.416 e. The molecule has 5 heteroatoms. The maximum atomic E-state index is 12.7. The molecule has 0 unspecified atom stereocenters. The Bertz CT molecular complexity index is 903. The Hall–Kier alpha value is -2.82. The van der Waals surface area contributed by atoms with E-state index in [0.29, 0.717) is 12.1 Å². The van der Waals surface area contributed by atoms with E-state index in [1.165, 1.54) is 12.1 Å². The van der Waals surface area contributed by atoms with Gasteiger partial charge in [-0.25, -0.2) is 0 Å². The number of nitrogens with one attached hydrogen (secondary N) is 1. The van der Waals surface area contributed by atoms with Crippen molar-refractivity contribution in [1.82, 2.24) is 5.32 Å². The first-order valence-electron chi connectivity index (χ1n) is 7.82. The van der Waals surface area contributed by atoms with Crippen LogP contribution in [-0.2, 0) is 23.9 Å². The third-order valence-corrected chi connectivity index (χ3v) is 3.92. The highest BCUT2D eigenvalue weighted by Gasteiger charge is 2.30. The number of alkyl halides is 3. The van der Waals surface area contributed by atoms with Gasteiger partial charge in [0.1, 0.15) is 0 Å². The van der Waals surface area contributed by atoms with E-state index in [-0.39, 0.29) is 12.3 Å². The molecular weight excluding hydrogens is 327 g/mol. The molecule has 0 atom stereocenters. The fourth-order valence-corrected chi connectivity index (χ4v) is 2.65. The fraction of sp³-hybridized carbons (Fsp3) is 0.150. The lowest BCUT2D eigenvalue weighted by molar-refractivity contribution is -0.137. The van der Waals surface area contributed by atoms with Gasteiger partial charge >= 0.3 is 6.18 Å².